The van der Waals surface area contributed by atoms with E-state index in [0.29, 0.717) is 24.5 Å². The van der Waals surface area contributed by atoms with E-state index in [4.69, 9.17) is 16.3 Å². The van der Waals surface area contributed by atoms with Crippen LogP contribution in [0, 0.1) is 11.3 Å². The third kappa shape index (κ3) is 2.77. The molecular formula is C14H17ClN2O. The second-order valence-electron chi connectivity index (χ2n) is 4.65. The van der Waals surface area contributed by atoms with Gasteiger partial charge in [-0.15, -0.1) is 0 Å². The fourth-order valence-electron chi connectivity index (χ4n) is 2.28. The van der Waals surface area contributed by atoms with E-state index in [-0.39, 0.29) is 6.10 Å². The molecule has 2 atom stereocenters. The van der Waals surface area contributed by atoms with Gasteiger partial charge in [-0.05, 0) is 18.6 Å². The Balaban J connectivity index is 2.19. The largest absolute Gasteiger partial charge is 0.378 e. The molecule has 1 N–H and O–H groups in total. The molecule has 1 aliphatic heterocycles. The molecule has 1 fully saturated rings. The molecule has 18 heavy (non-hydrogen) atoms. The average molecular weight is 265 g/mol. The van der Waals surface area contributed by atoms with Gasteiger partial charge in [-0.25, -0.2) is 0 Å². The summed E-state index contributed by atoms with van der Waals surface area (Å²) in [5, 5.41) is 13.4. The van der Waals surface area contributed by atoms with Crippen LogP contribution in [0.2, 0.25) is 5.02 Å². The summed E-state index contributed by atoms with van der Waals surface area (Å²) >= 11 is 6.13. The van der Waals surface area contributed by atoms with Crippen LogP contribution >= 0.6 is 11.6 Å². The zero-order valence-corrected chi connectivity index (χ0v) is 11.2. The third-order valence-electron chi connectivity index (χ3n) is 3.38. The summed E-state index contributed by atoms with van der Waals surface area (Å²) in [6.07, 6.45) is 2.46. The van der Waals surface area contributed by atoms with Crippen LogP contribution in [0.25, 0.3) is 0 Å². The number of rotatable bonds is 3. The number of ether oxygens (including phenoxy) is 1. The molecule has 0 bridgehead atoms. The predicted octanol–water partition coefficient (Wildman–Crippen LogP) is 3.60. The maximum absolute atomic E-state index is 9.50. The summed E-state index contributed by atoms with van der Waals surface area (Å²) in [6.45, 7) is 2.69. The zero-order valence-electron chi connectivity index (χ0n) is 10.4. The summed E-state index contributed by atoms with van der Waals surface area (Å²) in [5.74, 6) is 0. The van der Waals surface area contributed by atoms with Gasteiger partial charge < -0.3 is 10.1 Å². The lowest BCUT2D eigenvalue weighted by Gasteiger charge is -2.37. The van der Waals surface area contributed by atoms with Crippen LogP contribution < -0.4 is 5.32 Å². The van der Waals surface area contributed by atoms with Gasteiger partial charge in [0.25, 0.3) is 0 Å². The quantitative estimate of drug-likeness (QED) is 0.907. The van der Waals surface area contributed by atoms with E-state index in [9.17, 15) is 5.26 Å². The number of para-hydroxylation sites is 1. The molecule has 0 saturated carbocycles. The normalized spacial score (nSPS) is 27.5. The summed E-state index contributed by atoms with van der Waals surface area (Å²) in [4.78, 5) is 0. The molecule has 0 aliphatic carbocycles. The fraction of sp³-hybridized carbons (Fsp3) is 0.500. The van der Waals surface area contributed by atoms with Crippen molar-refractivity contribution < 1.29 is 4.74 Å². The van der Waals surface area contributed by atoms with Gasteiger partial charge in [0.05, 0.1) is 29.5 Å². The number of hydrogen-bond acceptors (Lipinski definition) is 3. The van der Waals surface area contributed by atoms with Gasteiger partial charge >= 0.3 is 0 Å². The molecule has 96 valence electrons. The molecule has 1 heterocycles. The van der Waals surface area contributed by atoms with Gasteiger partial charge in [-0.2, -0.15) is 5.26 Å². The van der Waals surface area contributed by atoms with Crippen LogP contribution in [0.5, 0.6) is 0 Å². The lowest BCUT2D eigenvalue weighted by atomic mass is 9.87. The molecule has 3 nitrogen and oxygen atoms in total. The standard InChI is InChI=1S/C14H17ClN2O/c1-2-11-9-14(10-16,7-8-18-11)17-13-6-4-3-5-12(13)15/h3-6,11,17H,2,7-9H2,1H3. The van der Waals surface area contributed by atoms with E-state index in [1.807, 2.05) is 24.3 Å². The highest BCUT2D eigenvalue weighted by Gasteiger charge is 2.37. The van der Waals surface area contributed by atoms with E-state index in [0.717, 1.165) is 12.1 Å². The smallest absolute Gasteiger partial charge is 0.130 e. The number of benzene rings is 1. The van der Waals surface area contributed by atoms with Crippen LogP contribution in [-0.2, 0) is 4.74 Å². The van der Waals surface area contributed by atoms with E-state index < -0.39 is 5.54 Å². The molecule has 0 amide bonds. The second kappa shape index (κ2) is 5.60. The highest BCUT2D eigenvalue weighted by atomic mass is 35.5. The molecule has 4 heteroatoms. The number of nitrogens with one attached hydrogen (secondary N) is 1. The van der Waals surface area contributed by atoms with Crippen molar-refractivity contribution in [3.8, 4) is 6.07 Å². The number of hydrogen-bond donors (Lipinski definition) is 1. The van der Waals surface area contributed by atoms with Gasteiger partial charge in [0, 0.05) is 12.8 Å². The first-order valence-electron chi connectivity index (χ1n) is 6.25. The Bertz CT molecular complexity index is 457. The highest BCUT2D eigenvalue weighted by Crippen LogP contribution is 2.32. The first-order valence-corrected chi connectivity index (χ1v) is 6.62. The van der Waals surface area contributed by atoms with E-state index in [1.165, 1.54) is 0 Å². The SMILES string of the molecule is CCC1CC(C#N)(Nc2ccccc2Cl)CCO1. The van der Waals surface area contributed by atoms with Gasteiger partial charge in [0.1, 0.15) is 5.54 Å². The molecule has 1 aliphatic rings. The lowest BCUT2D eigenvalue weighted by molar-refractivity contribution is -0.00304. The van der Waals surface area contributed by atoms with E-state index >= 15 is 0 Å². The number of halogens is 1. The van der Waals surface area contributed by atoms with Crippen molar-refractivity contribution in [3.05, 3.63) is 29.3 Å². The predicted molar refractivity (Wildman–Crippen MR) is 72.7 cm³/mol. The van der Waals surface area contributed by atoms with Crippen molar-refractivity contribution in [3.63, 3.8) is 0 Å². The Morgan fingerprint density at radius 1 is 1.56 bits per heavy atom. The summed E-state index contributed by atoms with van der Waals surface area (Å²) in [7, 11) is 0. The lowest BCUT2D eigenvalue weighted by Crippen LogP contribution is -2.45. The number of nitrogens with zero attached hydrogens (tertiary/aromatic N) is 1. The van der Waals surface area contributed by atoms with Crippen LogP contribution in [0.3, 0.4) is 0 Å². The summed E-state index contributed by atoms with van der Waals surface area (Å²) in [5.41, 5.74) is 0.252. The van der Waals surface area contributed by atoms with Crippen molar-refractivity contribution in [1.82, 2.24) is 0 Å². The van der Waals surface area contributed by atoms with Crippen LogP contribution in [0.15, 0.2) is 24.3 Å². The summed E-state index contributed by atoms with van der Waals surface area (Å²) < 4.78 is 5.63. The maximum Gasteiger partial charge on any atom is 0.130 e. The minimum atomic E-state index is -0.566. The third-order valence-corrected chi connectivity index (χ3v) is 3.71. The molecule has 2 rings (SSSR count). The first-order chi connectivity index (χ1) is 8.69. The Labute approximate surface area is 113 Å². The summed E-state index contributed by atoms with van der Waals surface area (Å²) in [6, 6.07) is 9.93. The van der Waals surface area contributed by atoms with Crippen molar-refractivity contribution in [1.29, 1.82) is 5.26 Å². The zero-order chi connectivity index (χ0) is 13.0. The Morgan fingerprint density at radius 2 is 2.33 bits per heavy atom. The topological polar surface area (TPSA) is 45.0 Å². The second-order valence-corrected chi connectivity index (χ2v) is 5.06. The first kappa shape index (κ1) is 13.2. The molecule has 0 spiro atoms. The Morgan fingerprint density at radius 3 is 3.00 bits per heavy atom. The van der Waals surface area contributed by atoms with Crippen LogP contribution in [-0.4, -0.2) is 18.2 Å². The molecular weight excluding hydrogens is 248 g/mol. The van der Waals surface area contributed by atoms with Crippen molar-refractivity contribution in [2.45, 2.75) is 37.8 Å². The van der Waals surface area contributed by atoms with E-state index in [1.54, 1.807) is 0 Å². The monoisotopic (exact) mass is 264 g/mol. The van der Waals surface area contributed by atoms with Gasteiger partial charge in [-0.1, -0.05) is 30.7 Å². The van der Waals surface area contributed by atoms with Crippen LogP contribution in [0.4, 0.5) is 5.69 Å². The van der Waals surface area contributed by atoms with Gasteiger partial charge in [0.2, 0.25) is 0 Å². The Hall–Kier alpha value is -1.24. The van der Waals surface area contributed by atoms with Crippen molar-refractivity contribution in [2.75, 3.05) is 11.9 Å². The maximum atomic E-state index is 9.50. The molecule has 2 unspecified atom stereocenters. The molecule has 1 aromatic carbocycles. The molecule has 1 aromatic rings. The Kier molecular flexibility index (Phi) is 4.11. The van der Waals surface area contributed by atoms with Crippen molar-refractivity contribution in [2.24, 2.45) is 0 Å². The van der Waals surface area contributed by atoms with Gasteiger partial charge in [0.15, 0.2) is 0 Å². The van der Waals surface area contributed by atoms with E-state index in [2.05, 4.69) is 18.3 Å². The molecule has 0 aromatic heterocycles. The fourth-order valence-corrected chi connectivity index (χ4v) is 2.46. The minimum absolute atomic E-state index is 0.147. The van der Waals surface area contributed by atoms with Gasteiger partial charge in [-0.3, -0.25) is 0 Å². The highest BCUT2D eigenvalue weighted by molar-refractivity contribution is 6.33. The average Bonchev–Trinajstić information content (AvgIpc) is 2.42. The number of nitriles is 1. The molecule has 1 saturated heterocycles. The molecule has 0 radical (unpaired) electrons. The number of anilines is 1. The van der Waals surface area contributed by atoms with Crippen molar-refractivity contribution >= 4 is 17.3 Å². The van der Waals surface area contributed by atoms with Crippen LogP contribution in [0.1, 0.15) is 26.2 Å². The minimum Gasteiger partial charge on any atom is -0.378 e.